The number of aryl methyl sites for hydroxylation is 1. The van der Waals surface area contributed by atoms with Crippen molar-refractivity contribution in [2.75, 3.05) is 0 Å². The Bertz CT molecular complexity index is 502. The van der Waals surface area contributed by atoms with Crippen LogP contribution in [0.2, 0.25) is 0 Å². The van der Waals surface area contributed by atoms with Crippen LogP contribution in [0.4, 0.5) is 10.1 Å². The molecule has 0 bridgehead atoms. The molecule has 0 aliphatic carbocycles. The fourth-order valence-corrected chi connectivity index (χ4v) is 1.75. The lowest BCUT2D eigenvalue weighted by molar-refractivity contribution is -0.386. The van der Waals surface area contributed by atoms with Crippen molar-refractivity contribution in [3.05, 3.63) is 33.6 Å². The number of nitrogens with zero attached hydrogens (tertiary/aromatic N) is 1. The number of halogens is 1. The summed E-state index contributed by atoms with van der Waals surface area (Å²) < 4.78 is 18.1. The highest BCUT2D eigenvalue weighted by atomic mass is 19.1. The van der Waals surface area contributed by atoms with Crippen LogP contribution in [0, 0.1) is 15.9 Å². The van der Waals surface area contributed by atoms with Crippen molar-refractivity contribution >= 4 is 11.7 Å². The summed E-state index contributed by atoms with van der Waals surface area (Å²) in [4.78, 5) is 20.7. The molecule has 1 aliphatic heterocycles. The van der Waals surface area contributed by atoms with E-state index >= 15 is 0 Å². The van der Waals surface area contributed by atoms with Crippen LogP contribution < -0.4 is 4.74 Å². The molecule has 2 rings (SSSR count). The molecule has 1 heterocycles. The number of ether oxygens (including phenoxy) is 1. The quantitative estimate of drug-likeness (QED) is 0.626. The summed E-state index contributed by atoms with van der Waals surface area (Å²) in [6.07, 6.45) is -0.708. The summed E-state index contributed by atoms with van der Waals surface area (Å²) in [6.45, 7) is 0. The van der Waals surface area contributed by atoms with Gasteiger partial charge in [-0.05, 0) is 18.9 Å². The zero-order valence-corrected chi connectivity index (χ0v) is 8.55. The Morgan fingerprint density at radius 2 is 2.29 bits per heavy atom. The molecule has 1 atom stereocenters. The fraction of sp³-hybridized carbons (Fsp3) is 0.300. The number of fused-ring (bicyclic) bond motifs is 1. The van der Waals surface area contributed by atoms with Crippen molar-refractivity contribution in [2.45, 2.75) is 18.9 Å². The van der Waals surface area contributed by atoms with Crippen molar-refractivity contribution in [1.29, 1.82) is 0 Å². The van der Waals surface area contributed by atoms with Gasteiger partial charge in [-0.2, -0.15) is 0 Å². The first-order chi connectivity index (χ1) is 7.99. The molecule has 6 nitrogen and oxygen atoms in total. The molecule has 0 radical (unpaired) electrons. The Morgan fingerprint density at radius 3 is 2.88 bits per heavy atom. The first-order valence-electron chi connectivity index (χ1n) is 4.85. The second kappa shape index (κ2) is 4.00. The minimum absolute atomic E-state index is 0.143. The van der Waals surface area contributed by atoms with Crippen LogP contribution in [0.15, 0.2) is 12.1 Å². The van der Waals surface area contributed by atoms with E-state index in [9.17, 15) is 19.3 Å². The SMILES string of the molecule is O=C(O)C1CCc2cc(F)cc([N+](=O)[O-])c2O1. The standard InChI is InChI=1S/C10H8FNO5/c11-6-3-5-1-2-8(10(13)14)17-9(5)7(4-6)12(15)16/h3-4,8H,1-2H2,(H,13,14). The number of nitro groups is 1. The smallest absolute Gasteiger partial charge is 0.344 e. The second-order valence-corrected chi connectivity index (χ2v) is 3.65. The van der Waals surface area contributed by atoms with E-state index in [1.165, 1.54) is 0 Å². The van der Waals surface area contributed by atoms with Gasteiger partial charge in [-0.25, -0.2) is 9.18 Å². The van der Waals surface area contributed by atoms with Crippen LogP contribution in [-0.2, 0) is 11.2 Å². The van der Waals surface area contributed by atoms with Gasteiger partial charge in [0.15, 0.2) is 6.10 Å². The Morgan fingerprint density at radius 1 is 1.59 bits per heavy atom. The predicted octanol–water partition coefficient (Wildman–Crippen LogP) is 1.51. The Balaban J connectivity index is 2.48. The number of aliphatic carboxylic acids is 1. The van der Waals surface area contributed by atoms with Crippen molar-refractivity contribution in [3.63, 3.8) is 0 Å². The average molecular weight is 241 g/mol. The average Bonchev–Trinajstić information content (AvgIpc) is 2.26. The minimum atomic E-state index is -1.19. The number of rotatable bonds is 2. The number of hydrogen-bond donors (Lipinski definition) is 1. The molecule has 1 aromatic rings. The Hall–Kier alpha value is -2.18. The summed E-state index contributed by atoms with van der Waals surface area (Å²) >= 11 is 0. The lowest BCUT2D eigenvalue weighted by atomic mass is 10.0. The van der Waals surface area contributed by atoms with Gasteiger partial charge in [-0.3, -0.25) is 10.1 Å². The summed E-state index contributed by atoms with van der Waals surface area (Å²) in [7, 11) is 0. The van der Waals surface area contributed by atoms with Gasteiger partial charge in [0, 0.05) is 5.56 Å². The number of carboxylic acid groups (broad SMARTS) is 1. The van der Waals surface area contributed by atoms with Crippen LogP contribution in [0.25, 0.3) is 0 Å². The van der Waals surface area contributed by atoms with Gasteiger partial charge in [0.1, 0.15) is 5.82 Å². The highest BCUT2D eigenvalue weighted by molar-refractivity contribution is 5.74. The first kappa shape index (κ1) is 11.3. The Labute approximate surface area is 94.8 Å². The molecule has 0 spiro atoms. The van der Waals surface area contributed by atoms with Gasteiger partial charge in [0.25, 0.3) is 0 Å². The van der Waals surface area contributed by atoms with E-state index in [1.807, 2.05) is 0 Å². The van der Waals surface area contributed by atoms with Gasteiger partial charge in [0.2, 0.25) is 5.75 Å². The number of carbonyl (C=O) groups is 1. The minimum Gasteiger partial charge on any atom is -0.479 e. The number of carboxylic acids is 1. The van der Waals surface area contributed by atoms with Crippen LogP contribution >= 0.6 is 0 Å². The maximum atomic E-state index is 13.1. The monoisotopic (exact) mass is 241 g/mol. The second-order valence-electron chi connectivity index (χ2n) is 3.65. The van der Waals surface area contributed by atoms with E-state index in [0.29, 0.717) is 5.56 Å². The number of benzene rings is 1. The lowest BCUT2D eigenvalue weighted by Gasteiger charge is -2.22. The molecule has 0 amide bonds. The molecular weight excluding hydrogens is 233 g/mol. The van der Waals surface area contributed by atoms with E-state index in [2.05, 4.69) is 0 Å². The van der Waals surface area contributed by atoms with Gasteiger partial charge >= 0.3 is 11.7 Å². The zero-order valence-electron chi connectivity index (χ0n) is 8.55. The van der Waals surface area contributed by atoms with E-state index in [4.69, 9.17) is 9.84 Å². The van der Waals surface area contributed by atoms with E-state index in [0.717, 1.165) is 12.1 Å². The largest absolute Gasteiger partial charge is 0.479 e. The zero-order chi connectivity index (χ0) is 12.6. The maximum Gasteiger partial charge on any atom is 0.344 e. The van der Waals surface area contributed by atoms with E-state index in [1.54, 1.807) is 0 Å². The highest BCUT2D eigenvalue weighted by Crippen LogP contribution is 2.37. The summed E-state index contributed by atoms with van der Waals surface area (Å²) in [6, 6.07) is 1.85. The molecule has 1 aliphatic rings. The molecule has 7 heteroatoms. The third-order valence-electron chi connectivity index (χ3n) is 2.52. The molecule has 1 N–H and O–H groups in total. The van der Waals surface area contributed by atoms with Gasteiger partial charge in [-0.1, -0.05) is 0 Å². The van der Waals surface area contributed by atoms with Crippen LogP contribution in [-0.4, -0.2) is 22.1 Å². The number of nitro benzene ring substituents is 1. The molecule has 17 heavy (non-hydrogen) atoms. The predicted molar refractivity (Wildman–Crippen MR) is 53.4 cm³/mol. The van der Waals surface area contributed by atoms with Crippen LogP contribution in [0.5, 0.6) is 5.75 Å². The molecule has 0 aromatic heterocycles. The van der Waals surface area contributed by atoms with Crippen molar-refractivity contribution in [2.24, 2.45) is 0 Å². The van der Waals surface area contributed by atoms with Gasteiger partial charge in [0.05, 0.1) is 11.0 Å². The molecular formula is C10H8FNO5. The van der Waals surface area contributed by atoms with Crippen molar-refractivity contribution in [3.8, 4) is 5.75 Å². The molecule has 1 aromatic carbocycles. The molecule has 1 unspecified atom stereocenters. The van der Waals surface area contributed by atoms with Crippen molar-refractivity contribution in [1.82, 2.24) is 0 Å². The molecule has 90 valence electrons. The summed E-state index contributed by atoms with van der Waals surface area (Å²) in [5, 5.41) is 19.5. The summed E-state index contributed by atoms with van der Waals surface area (Å²) in [5.41, 5.74) is -0.208. The van der Waals surface area contributed by atoms with E-state index < -0.39 is 28.5 Å². The Kier molecular flexibility index (Phi) is 2.66. The fourth-order valence-electron chi connectivity index (χ4n) is 1.75. The van der Waals surface area contributed by atoms with Gasteiger partial charge < -0.3 is 9.84 Å². The third-order valence-corrected chi connectivity index (χ3v) is 2.52. The first-order valence-corrected chi connectivity index (χ1v) is 4.85. The van der Waals surface area contributed by atoms with Crippen molar-refractivity contribution < 1.29 is 24.0 Å². The van der Waals surface area contributed by atoms with E-state index in [-0.39, 0.29) is 18.6 Å². The molecule has 0 saturated heterocycles. The molecule has 0 saturated carbocycles. The highest BCUT2D eigenvalue weighted by Gasteiger charge is 2.31. The lowest BCUT2D eigenvalue weighted by Crippen LogP contribution is -2.31. The molecule has 0 fully saturated rings. The van der Waals surface area contributed by atoms with Crippen LogP contribution in [0.1, 0.15) is 12.0 Å². The normalized spacial score (nSPS) is 18.1. The van der Waals surface area contributed by atoms with Crippen LogP contribution in [0.3, 0.4) is 0 Å². The van der Waals surface area contributed by atoms with Gasteiger partial charge in [-0.15, -0.1) is 0 Å². The maximum absolute atomic E-state index is 13.1. The summed E-state index contributed by atoms with van der Waals surface area (Å²) in [5.74, 6) is -2.06. The third kappa shape index (κ3) is 2.03. The topological polar surface area (TPSA) is 89.7 Å². The number of hydrogen-bond acceptors (Lipinski definition) is 4.